The van der Waals surface area contributed by atoms with E-state index in [1.807, 2.05) is 4.72 Å². The third-order valence-corrected chi connectivity index (χ3v) is 3.64. The van der Waals surface area contributed by atoms with Gasteiger partial charge in [-0.25, -0.2) is 17.5 Å². The first-order chi connectivity index (χ1) is 8.81. The lowest BCUT2D eigenvalue weighted by atomic mass is 10.3. The van der Waals surface area contributed by atoms with Crippen molar-refractivity contribution in [2.24, 2.45) is 0 Å². The van der Waals surface area contributed by atoms with Gasteiger partial charge in [0.15, 0.2) is 11.6 Å². The van der Waals surface area contributed by atoms with Crippen molar-refractivity contribution in [1.82, 2.24) is 10.0 Å². The molecule has 0 fully saturated rings. The third kappa shape index (κ3) is 3.55. The molecule has 1 rings (SSSR count). The first kappa shape index (κ1) is 15.2. The van der Waals surface area contributed by atoms with E-state index >= 15 is 0 Å². The van der Waals surface area contributed by atoms with Gasteiger partial charge >= 0.3 is 0 Å². The molecule has 0 heterocycles. The summed E-state index contributed by atoms with van der Waals surface area (Å²) < 4.78 is 43.8. The number of methoxy groups -OCH3 is 1. The minimum atomic E-state index is -4.02. The lowest BCUT2D eigenvalue weighted by Gasteiger charge is -2.10. The maximum absolute atomic E-state index is 13.5. The van der Waals surface area contributed by atoms with Crippen LogP contribution in [0.1, 0.15) is 0 Å². The van der Waals surface area contributed by atoms with E-state index in [0.29, 0.717) is 0 Å². The van der Waals surface area contributed by atoms with Crippen LogP contribution in [0, 0.1) is 5.82 Å². The van der Waals surface area contributed by atoms with Crippen molar-refractivity contribution >= 4 is 21.6 Å². The summed E-state index contributed by atoms with van der Waals surface area (Å²) in [5.74, 6) is -1.65. The predicted octanol–water partition coefficient (Wildman–Crippen LogP) is -0.559. The van der Waals surface area contributed by atoms with Crippen molar-refractivity contribution in [1.29, 1.82) is 0 Å². The number of rotatable bonds is 5. The third-order valence-electron chi connectivity index (χ3n) is 2.26. The number of carbonyl (C=O) groups is 1. The number of ether oxygens (including phenoxy) is 1. The van der Waals surface area contributed by atoms with Crippen molar-refractivity contribution in [2.45, 2.75) is 4.90 Å². The predicted molar refractivity (Wildman–Crippen MR) is 66.6 cm³/mol. The summed E-state index contributed by atoms with van der Waals surface area (Å²) in [5, 5.41) is 2.25. The molecule has 0 bridgehead atoms. The van der Waals surface area contributed by atoms with Gasteiger partial charge in [-0.1, -0.05) is 0 Å². The number of nitrogens with one attached hydrogen (secondary N) is 2. The monoisotopic (exact) mass is 291 g/mol. The maximum Gasteiger partial charge on any atom is 0.241 e. The van der Waals surface area contributed by atoms with Crippen molar-refractivity contribution < 1.29 is 22.3 Å². The van der Waals surface area contributed by atoms with Crippen LogP contribution in [0.15, 0.2) is 17.0 Å². The van der Waals surface area contributed by atoms with E-state index in [1.54, 1.807) is 0 Å². The summed E-state index contributed by atoms with van der Waals surface area (Å²) in [5.41, 5.74) is 5.32. The fraction of sp³-hybridized carbons (Fsp3) is 0.300. The summed E-state index contributed by atoms with van der Waals surface area (Å²) in [6.45, 7) is -0.452. The smallest absolute Gasteiger partial charge is 0.241 e. The van der Waals surface area contributed by atoms with Crippen LogP contribution in [-0.2, 0) is 14.8 Å². The molecule has 4 N–H and O–H groups in total. The second-order valence-electron chi connectivity index (χ2n) is 3.53. The van der Waals surface area contributed by atoms with Gasteiger partial charge in [0.25, 0.3) is 0 Å². The van der Waals surface area contributed by atoms with Gasteiger partial charge in [0.05, 0.1) is 24.2 Å². The standard InChI is InChI=1S/C10H14FN3O4S/c1-13-9(15)5-14-19(16,17)6-3-7(11)10(18-2)8(12)4-6/h3-4,14H,5,12H2,1-2H3,(H,13,15). The molecule has 0 aliphatic rings. The Morgan fingerprint density at radius 2 is 2.11 bits per heavy atom. The Bertz CT molecular complexity index is 565. The van der Waals surface area contributed by atoms with Crippen LogP contribution in [0.25, 0.3) is 0 Å². The number of amides is 1. The summed E-state index contributed by atoms with van der Waals surface area (Å²) >= 11 is 0. The Balaban J connectivity index is 3.06. The zero-order valence-electron chi connectivity index (χ0n) is 10.4. The van der Waals surface area contributed by atoms with Crippen molar-refractivity contribution in [3.05, 3.63) is 17.9 Å². The summed E-state index contributed by atoms with van der Waals surface area (Å²) in [7, 11) is -1.44. The molecule has 106 valence electrons. The Kier molecular flexibility index (Phi) is 4.67. The van der Waals surface area contributed by atoms with E-state index in [0.717, 1.165) is 12.1 Å². The first-order valence-corrected chi connectivity index (χ1v) is 6.63. The fourth-order valence-electron chi connectivity index (χ4n) is 1.29. The minimum absolute atomic E-state index is 0.150. The lowest BCUT2D eigenvalue weighted by molar-refractivity contribution is -0.119. The van der Waals surface area contributed by atoms with Gasteiger partial charge in [0, 0.05) is 7.05 Å². The van der Waals surface area contributed by atoms with Crippen LogP contribution < -0.4 is 20.5 Å². The van der Waals surface area contributed by atoms with Crippen molar-refractivity contribution in [2.75, 3.05) is 26.4 Å². The van der Waals surface area contributed by atoms with E-state index in [-0.39, 0.29) is 16.3 Å². The molecule has 0 aliphatic heterocycles. The molecule has 0 atom stereocenters. The average molecular weight is 291 g/mol. The number of anilines is 1. The highest BCUT2D eigenvalue weighted by molar-refractivity contribution is 7.89. The topological polar surface area (TPSA) is 111 Å². The van der Waals surface area contributed by atoms with E-state index in [1.165, 1.54) is 14.2 Å². The maximum atomic E-state index is 13.5. The number of likely N-dealkylation sites (N-methyl/N-ethyl adjacent to an activating group) is 1. The van der Waals surface area contributed by atoms with Gasteiger partial charge in [0.1, 0.15) is 0 Å². The Morgan fingerprint density at radius 3 is 2.58 bits per heavy atom. The quantitative estimate of drug-likeness (QED) is 0.630. The van der Waals surface area contributed by atoms with Gasteiger partial charge in [-0.3, -0.25) is 4.79 Å². The number of sulfonamides is 1. The average Bonchev–Trinajstić information content (AvgIpc) is 2.35. The second kappa shape index (κ2) is 5.85. The molecular weight excluding hydrogens is 277 g/mol. The summed E-state index contributed by atoms with van der Waals surface area (Å²) in [6.07, 6.45) is 0. The molecule has 0 radical (unpaired) electrons. The number of benzene rings is 1. The number of hydrogen-bond donors (Lipinski definition) is 3. The molecule has 0 saturated carbocycles. The van der Waals surface area contributed by atoms with Crippen LogP contribution in [0.2, 0.25) is 0 Å². The van der Waals surface area contributed by atoms with Crippen molar-refractivity contribution in [3.63, 3.8) is 0 Å². The van der Waals surface area contributed by atoms with Crippen LogP contribution in [0.3, 0.4) is 0 Å². The Morgan fingerprint density at radius 1 is 1.47 bits per heavy atom. The number of nitrogens with two attached hydrogens (primary N) is 1. The van der Waals surface area contributed by atoms with Crippen LogP contribution in [0.5, 0.6) is 5.75 Å². The summed E-state index contributed by atoms with van der Waals surface area (Å²) in [6, 6.07) is 1.81. The van der Waals surface area contributed by atoms with Gasteiger partial charge in [-0.05, 0) is 12.1 Å². The molecule has 0 aromatic heterocycles. The number of halogens is 1. The van der Waals surface area contributed by atoms with Gasteiger partial charge in [-0.15, -0.1) is 0 Å². The zero-order valence-corrected chi connectivity index (χ0v) is 11.2. The first-order valence-electron chi connectivity index (χ1n) is 5.15. The van der Waals surface area contributed by atoms with E-state index < -0.39 is 28.3 Å². The number of nitrogen functional groups attached to an aromatic ring is 1. The molecule has 0 unspecified atom stereocenters. The minimum Gasteiger partial charge on any atom is -0.492 e. The molecule has 1 aromatic rings. The van der Waals surface area contributed by atoms with Gasteiger partial charge in [0.2, 0.25) is 15.9 Å². The van der Waals surface area contributed by atoms with Gasteiger partial charge in [-0.2, -0.15) is 0 Å². The molecule has 0 aliphatic carbocycles. The lowest BCUT2D eigenvalue weighted by Crippen LogP contribution is -2.35. The van der Waals surface area contributed by atoms with Crippen LogP contribution >= 0.6 is 0 Å². The highest BCUT2D eigenvalue weighted by Crippen LogP contribution is 2.28. The normalized spacial score (nSPS) is 11.1. The molecule has 0 saturated heterocycles. The zero-order chi connectivity index (χ0) is 14.6. The van der Waals surface area contributed by atoms with Crippen LogP contribution in [-0.4, -0.2) is 35.0 Å². The van der Waals surface area contributed by atoms with Gasteiger partial charge < -0.3 is 15.8 Å². The SMILES string of the molecule is CNC(=O)CNS(=O)(=O)c1cc(N)c(OC)c(F)c1. The highest BCUT2D eigenvalue weighted by atomic mass is 32.2. The van der Waals surface area contributed by atoms with E-state index in [2.05, 4.69) is 10.1 Å². The molecule has 19 heavy (non-hydrogen) atoms. The number of hydrogen-bond acceptors (Lipinski definition) is 5. The molecule has 1 amide bonds. The molecule has 7 nitrogen and oxygen atoms in total. The summed E-state index contributed by atoms with van der Waals surface area (Å²) in [4.78, 5) is 10.6. The largest absolute Gasteiger partial charge is 0.492 e. The molecule has 9 heteroatoms. The van der Waals surface area contributed by atoms with Crippen molar-refractivity contribution in [3.8, 4) is 5.75 Å². The Labute approximate surface area is 110 Å². The molecule has 1 aromatic carbocycles. The fourth-order valence-corrected chi connectivity index (χ4v) is 2.32. The Hall–Kier alpha value is -1.87. The van der Waals surface area contributed by atoms with E-state index in [9.17, 15) is 17.6 Å². The van der Waals surface area contributed by atoms with Crippen LogP contribution in [0.4, 0.5) is 10.1 Å². The van der Waals surface area contributed by atoms with E-state index in [4.69, 9.17) is 5.73 Å². The highest BCUT2D eigenvalue weighted by Gasteiger charge is 2.19. The molecular formula is C10H14FN3O4S. The molecule has 0 spiro atoms. The number of carbonyl (C=O) groups excluding carboxylic acids is 1. The second-order valence-corrected chi connectivity index (χ2v) is 5.29.